The number of amides is 1. The van der Waals surface area contributed by atoms with E-state index in [0.29, 0.717) is 38.9 Å². The number of furan rings is 1. The predicted octanol–water partition coefficient (Wildman–Crippen LogP) is 5.49. The van der Waals surface area contributed by atoms with Crippen molar-refractivity contribution in [3.63, 3.8) is 0 Å². The third-order valence-corrected chi connectivity index (χ3v) is 6.16. The number of carbonyl (C=O) groups excluding carboxylic acids is 2. The van der Waals surface area contributed by atoms with Gasteiger partial charge in [0, 0.05) is 16.3 Å². The molecule has 1 amide bonds. The van der Waals surface area contributed by atoms with Crippen LogP contribution in [0.5, 0.6) is 5.75 Å². The molecular formula is C25H22ClNO5. The maximum atomic E-state index is 13.2. The fourth-order valence-electron chi connectivity index (χ4n) is 4.06. The first-order valence-electron chi connectivity index (χ1n) is 10.0. The zero-order valence-corrected chi connectivity index (χ0v) is 18.9. The Balaban J connectivity index is 1.98. The van der Waals surface area contributed by atoms with Gasteiger partial charge in [0.05, 0.1) is 18.9 Å². The SMILES string of the molecule is COc1cc(C)c(/C(O)=C2/C(=O)C(=O)N(c3cccc(Cl)c3C)C2c2ccco2)cc1C. The van der Waals surface area contributed by atoms with Crippen LogP contribution in [0.25, 0.3) is 5.76 Å². The molecular weight excluding hydrogens is 430 g/mol. The quantitative estimate of drug-likeness (QED) is 0.322. The highest BCUT2D eigenvalue weighted by Gasteiger charge is 2.48. The minimum absolute atomic E-state index is 0.0445. The molecule has 1 aliphatic heterocycles. The van der Waals surface area contributed by atoms with Crippen molar-refractivity contribution in [2.45, 2.75) is 26.8 Å². The van der Waals surface area contributed by atoms with Gasteiger partial charge in [-0.25, -0.2) is 0 Å². The number of ether oxygens (including phenoxy) is 1. The van der Waals surface area contributed by atoms with Crippen LogP contribution in [0.2, 0.25) is 5.02 Å². The van der Waals surface area contributed by atoms with Crippen LogP contribution in [-0.4, -0.2) is 23.9 Å². The lowest BCUT2D eigenvalue weighted by Gasteiger charge is -2.25. The zero-order valence-electron chi connectivity index (χ0n) is 18.1. The van der Waals surface area contributed by atoms with Crippen LogP contribution in [0.4, 0.5) is 5.69 Å². The largest absolute Gasteiger partial charge is 0.507 e. The molecule has 164 valence electrons. The molecule has 1 N–H and O–H groups in total. The molecule has 6 nitrogen and oxygen atoms in total. The van der Waals surface area contributed by atoms with Crippen molar-refractivity contribution >= 4 is 34.7 Å². The highest BCUT2D eigenvalue weighted by Crippen LogP contribution is 2.44. The van der Waals surface area contributed by atoms with E-state index in [4.69, 9.17) is 20.8 Å². The van der Waals surface area contributed by atoms with Crippen LogP contribution in [-0.2, 0) is 9.59 Å². The van der Waals surface area contributed by atoms with Crippen molar-refractivity contribution in [3.8, 4) is 5.75 Å². The van der Waals surface area contributed by atoms with Crippen molar-refractivity contribution in [2.75, 3.05) is 12.0 Å². The van der Waals surface area contributed by atoms with Gasteiger partial charge in [-0.2, -0.15) is 0 Å². The van der Waals surface area contributed by atoms with E-state index in [2.05, 4.69) is 0 Å². The Labute approximate surface area is 190 Å². The molecule has 1 unspecified atom stereocenters. The molecule has 2 aromatic carbocycles. The standard InChI is InChI=1S/C25H22ClNO5/c1-13-12-20(31-4)14(2)11-16(13)23(28)21-22(19-9-6-10-32-19)27(25(30)24(21)29)18-8-5-7-17(26)15(18)3/h5-12,22,28H,1-4H3/b23-21-. The van der Waals surface area contributed by atoms with Crippen LogP contribution in [0, 0.1) is 20.8 Å². The number of aryl methyl sites for hydroxylation is 2. The number of nitrogens with zero attached hydrogens (tertiary/aromatic N) is 1. The van der Waals surface area contributed by atoms with Gasteiger partial charge in [0.25, 0.3) is 11.7 Å². The van der Waals surface area contributed by atoms with Gasteiger partial charge < -0.3 is 14.3 Å². The first-order chi connectivity index (χ1) is 15.3. The Morgan fingerprint density at radius 1 is 1.09 bits per heavy atom. The molecule has 0 bridgehead atoms. The van der Waals surface area contributed by atoms with E-state index in [-0.39, 0.29) is 11.3 Å². The molecule has 1 aromatic heterocycles. The number of aliphatic hydroxyl groups excluding tert-OH is 1. The number of aliphatic hydroxyl groups is 1. The minimum atomic E-state index is -0.941. The second kappa shape index (κ2) is 8.20. The Bertz CT molecular complexity index is 1260. The predicted molar refractivity (Wildman–Crippen MR) is 122 cm³/mol. The molecule has 32 heavy (non-hydrogen) atoms. The number of rotatable bonds is 4. The summed E-state index contributed by atoms with van der Waals surface area (Å²) in [5.74, 6) is -0.808. The van der Waals surface area contributed by atoms with Crippen LogP contribution in [0.1, 0.15) is 34.1 Å². The van der Waals surface area contributed by atoms with Gasteiger partial charge in [-0.15, -0.1) is 0 Å². The van der Waals surface area contributed by atoms with Crippen LogP contribution >= 0.6 is 11.6 Å². The average Bonchev–Trinajstić information content (AvgIpc) is 3.38. The number of hydrogen-bond acceptors (Lipinski definition) is 5. The number of hydrogen-bond donors (Lipinski definition) is 1. The fourth-order valence-corrected chi connectivity index (χ4v) is 4.23. The van der Waals surface area contributed by atoms with E-state index in [1.54, 1.807) is 63.4 Å². The Hall–Kier alpha value is -3.51. The second-order valence-electron chi connectivity index (χ2n) is 7.71. The Morgan fingerprint density at radius 2 is 1.84 bits per heavy atom. The molecule has 0 aliphatic carbocycles. The third kappa shape index (κ3) is 3.37. The third-order valence-electron chi connectivity index (χ3n) is 5.75. The Kier molecular flexibility index (Phi) is 5.57. The lowest BCUT2D eigenvalue weighted by Crippen LogP contribution is -2.30. The van der Waals surface area contributed by atoms with Gasteiger partial charge in [0.2, 0.25) is 0 Å². The maximum Gasteiger partial charge on any atom is 0.300 e. The number of halogens is 1. The molecule has 2 heterocycles. The van der Waals surface area contributed by atoms with Crippen molar-refractivity contribution < 1.29 is 23.8 Å². The lowest BCUT2D eigenvalue weighted by molar-refractivity contribution is -0.132. The van der Waals surface area contributed by atoms with E-state index in [9.17, 15) is 14.7 Å². The summed E-state index contributed by atoms with van der Waals surface area (Å²) in [6.07, 6.45) is 1.46. The molecule has 3 aromatic rings. The highest BCUT2D eigenvalue weighted by molar-refractivity contribution is 6.52. The maximum absolute atomic E-state index is 13.2. The first-order valence-corrected chi connectivity index (χ1v) is 10.4. The normalized spacial score (nSPS) is 17.8. The monoisotopic (exact) mass is 451 g/mol. The topological polar surface area (TPSA) is 80.0 Å². The first kappa shape index (κ1) is 21.7. The smallest absolute Gasteiger partial charge is 0.300 e. The molecule has 4 rings (SSSR count). The summed E-state index contributed by atoms with van der Waals surface area (Å²) in [6, 6.07) is 11.0. The molecule has 1 aliphatic rings. The van der Waals surface area contributed by atoms with E-state index in [1.807, 2.05) is 6.92 Å². The molecule has 0 saturated carbocycles. The molecule has 1 saturated heterocycles. The number of ketones is 1. The molecule has 1 fully saturated rings. The second-order valence-corrected chi connectivity index (χ2v) is 8.11. The van der Waals surface area contributed by atoms with Gasteiger partial charge in [0.1, 0.15) is 23.3 Å². The summed E-state index contributed by atoms with van der Waals surface area (Å²) < 4.78 is 10.9. The number of Topliss-reactive ketones (excluding diaryl/α,β-unsaturated/α-hetero) is 1. The lowest BCUT2D eigenvalue weighted by atomic mass is 9.95. The number of benzene rings is 2. The van der Waals surface area contributed by atoms with E-state index in [0.717, 1.165) is 5.56 Å². The van der Waals surface area contributed by atoms with Crippen molar-refractivity contribution in [2.24, 2.45) is 0 Å². The molecule has 7 heteroatoms. The van der Waals surface area contributed by atoms with Crippen molar-refractivity contribution in [3.05, 3.63) is 87.3 Å². The summed E-state index contributed by atoms with van der Waals surface area (Å²) in [5, 5.41) is 11.8. The summed E-state index contributed by atoms with van der Waals surface area (Å²) in [5.41, 5.74) is 3.01. The summed E-state index contributed by atoms with van der Waals surface area (Å²) in [7, 11) is 1.57. The summed E-state index contributed by atoms with van der Waals surface area (Å²) >= 11 is 6.29. The molecule has 0 radical (unpaired) electrons. The van der Waals surface area contributed by atoms with Gasteiger partial charge >= 0.3 is 0 Å². The summed E-state index contributed by atoms with van der Waals surface area (Å²) in [4.78, 5) is 27.7. The average molecular weight is 452 g/mol. The Morgan fingerprint density at radius 3 is 2.50 bits per heavy atom. The summed E-state index contributed by atoms with van der Waals surface area (Å²) in [6.45, 7) is 5.41. The van der Waals surface area contributed by atoms with Crippen LogP contribution in [0.15, 0.2) is 58.7 Å². The zero-order chi connectivity index (χ0) is 23.2. The number of methoxy groups -OCH3 is 1. The van der Waals surface area contributed by atoms with E-state index >= 15 is 0 Å². The van der Waals surface area contributed by atoms with Crippen molar-refractivity contribution in [1.82, 2.24) is 0 Å². The van der Waals surface area contributed by atoms with Crippen LogP contribution < -0.4 is 9.64 Å². The van der Waals surface area contributed by atoms with Gasteiger partial charge in [0.15, 0.2) is 0 Å². The highest BCUT2D eigenvalue weighted by atomic mass is 35.5. The van der Waals surface area contributed by atoms with E-state index < -0.39 is 17.7 Å². The number of anilines is 1. The molecule has 0 spiro atoms. The van der Waals surface area contributed by atoms with Gasteiger partial charge in [-0.1, -0.05) is 17.7 Å². The van der Waals surface area contributed by atoms with Crippen molar-refractivity contribution in [1.29, 1.82) is 0 Å². The van der Waals surface area contributed by atoms with Gasteiger partial charge in [-0.3, -0.25) is 14.5 Å². The number of carbonyl (C=O) groups is 2. The molecule has 1 atom stereocenters. The van der Waals surface area contributed by atoms with E-state index in [1.165, 1.54) is 11.2 Å². The fraction of sp³-hybridized carbons (Fsp3) is 0.200. The van der Waals surface area contributed by atoms with Crippen LogP contribution in [0.3, 0.4) is 0 Å². The minimum Gasteiger partial charge on any atom is -0.507 e. The van der Waals surface area contributed by atoms with Gasteiger partial charge in [-0.05, 0) is 73.9 Å².